The van der Waals surface area contributed by atoms with Crippen LogP contribution in [-0.4, -0.2) is 52.4 Å². The van der Waals surface area contributed by atoms with Gasteiger partial charge in [-0.25, -0.2) is 9.48 Å². The van der Waals surface area contributed by atoms with Gasteiger partial charge in [0.25, 0.3) is 0 Å². The third-order valence-electron chi connectivity index (χ3n) is 3.92. The molecule has 0 bridgehead atoms. The number of nitrogens with zero attached hydrogens (tertiary/aromatic N) is 3. The molecule has 0 radical (unpaired) electrons. The van der Waals surface area contributed by atoms with Crippen LogP contribution in [0.25, 0.3) is 0 Å². The van der Waals surface area contributed by atoms with Crippen LogP contribution in [0.3, 0.4) is 0 Å². The van der Waals surface area contributed by atoms with E-state index in [1.165, 1.54) is 7.11 Å². The second kappa shape index (κ2) is 6.32. The van der Waals surface area contributed by atoms with E-state index in [0.29, 0.717) is 0 Å². The van der Waals surface area contributed by atoms with Gasteiger partial charge in [-0.1, -0.05) is 5.21 Å². The van der Waals surface area contributed by atoms with E-state index in [1.54, 1.807) is 11.6 Å². The van der Waals surface area contributed by atoms with Gasteiger partial charge in [0.15, 0.2) is 5.69 Å². The van der Waals surface area contributed by atoms with Crippen molar-refractivity contribution < 1.29 is 14.6 Å². The zero-order chi connectivity index (χ0) is 14.7. The van der Waals surface area contributed by atoms with Gasteiger partial charge >= 0.3 is 5.97 Å². The minimum absolute atomic E-state index is 0.210. The predicted molar refractivity (Wildman–Crippen MR) is 72.6 cm³/mol. The van der Waals surface area contributed by atoms with Crippen LogP contribution in [0.5, 0.6) is 0 Å². The van der Waals surface area contributed by atoms with Crippen LogP contribution in [0.1, 0.15) is 54.8 Å². The van der Waals surface area contributed by atoms with Gasteiger partial charge in [0.05, 0.1) is 24.9 Å². The number of hydrogen-bond acceptors (Lipinski definition) is 6. The average Bonchev–Trinajstić information content (AvgIpc) is 2.91. The lowest BCUT2D eigenvalue weighted by atomic mass is 9.92. The predicted octanol–water partition coefficient (Wildman–Crippen LogP) is 0.474. The second-order valence-electron chi connectivity index (χ2n) is 5.26. The highest BCUT2D eigenvalue weighted by molar-refractivity contribution is 5.88. The van der Waals surface area contributed by atoms with Gasteiger partial charge in [-0.15, -0.1) is 5.10 Å². The van der Waals surface area contributed by atoms with Gasteiger partial charge in [-0.05, 0) is 39.8 Å². The minimum atomic E-state index is -0.567. The Labute approximate surface area is 118 Å². The topological polar surface area (TPSA) is 89.3 Å². The van der Waals surface area contributed by atoms with E-state index in [4.69, 9.17) is 4.74 Å². The Balaban J connectivity index is 2.41. The quantitative estimate of drug-likeness (QED) is 0.781. The number of aromatic nitrogens is 3. The first kappa shape index (κ1) is 14.9. The lowest BCUT2D eigenvalue weighted by Gasteiger charge is -2.26. The number of aliphatic hydroxyl groups excluding tert-OH is 1. The molecule has 7 heteroatoms. The molecule has 1 saturated heterocycles. The van der Waals surface area contributed by atoms with Crippen molar-refractivity contribution in [3.05, 3.63) is 11.4 Å². The SMILES string of the molecule is COC(=O)c1nnn(C(C)C(C)O)c1C1CCNCC1. The molecule has 2 N–H and O–H groups in total. The van der Waals surface area contributed by atoms with Gasteiger partial charge < -0.3 is 15.2 Å². The summed E-state index contributed by atoms with van der Waals surface area (Å²) in [5, 5.41) is 21.1. The van der Waals surface area contributed by atoms with Crippen molar-refractivity contribution in [2.75, 3.05) is 20.2 Å². The molecule has 0 aromatic carbocycles. The molecule has 20 heavy (non-hydrogen) atoms. The summed E-state index contributed by atoms with van der Waals surface area (Å²) in [6.45, 7) is 5.38. The summed E-state index contributed by atoms with van der Waals surface area (Å²) in [5.41, 5.74) is 1.05. The summed E-state index contributed by atoms with van der Waals surface area (Å²) in [5.74, 6) is -0.260. The summed E-state index contributed by atoms with van der Waals surface area (Å²) >= 11 is 0. The van der Waals surface area contributed by atoms with Crippen molar-refractivity contribution in [1.29, 1.82) is 0 Å². The van der Waals surface area contributed by atoms with Gasteiger partial charge in [0.1, 0.15) is 0 Å². The standard InChI is InChI=1S/C13H22N4O3/c1-8(9(2)18)17-12(10-4-6-14-7-5-10)11(15-16-17)13(19)20-3/h8-10,14,18H,4-7H2,1-3H3. The van der Waals surface area contributed by atoms with E-state index in [9.17, 15) is 9.90 Å². The summed E-state index contributed by atoms with van der Waals surface area (Å²) in [6.07, 6.45) is 1.27. The molecule has 112 valence electrons. The van der Waals surface area contributed by atoms with E-state index >= 15 is 0 Å². The highest BCUT2D eigenvalue weighted by Crippen LogP contribution is 2.30. The zero-order valence-corrected chi connectivity index (χ0v) is 12.2. The summed E-state index contributed by atoms with van der Waals surface area (Å²) in [7, 11) is 1.34. The Bertz CT molecular complexity index is 466. The maximum absolute atomic E-state index is 11.9. The van der Waals surface area contributed by atoms with Crippen LogP contribution in [0.15, 0.2) is 0 Å². The molecule has 1 aliphatic rings. The van der Waals surface area contributed by atoms with Gasteiger partial charge in [-0.2, -0.15) is 0 Å². The molecular formula is C13H22N4O3. The third kappa shape index (κ3) is 2.83. The summed E-state index contributed by atoms with van der Waals surface area (Å²) in [4.78, 5) is 11.9. The fourth-order valence-corrected chi connectivity index (χ4v) is 2.52. The number of carbonyl (C=O) groups is 1. The smallest absolute Gasteiger partial charge is 0.360 e. The molecule has 0 amide bonds. The van der Waals surface area contributed by atoms with E-state index in [0.717, 1.165) is 31.6 Å². The molecule has 2 rings (SSSR count). The lowest BCUT2D eigenvalue weighted by molar-refractivity contribution is 0.0591. The van der Waals surface area contributed by atoms with Crippen LogP contribution in [-0.2, 0) is 4.74 Å². The number of ether oxygens (including phenoxy) is 1. The van der Waals surface area contributed by atoms with Crippen molar-refractivity contribution >= 4 is 5.97 Å². The number of nitrogens with one attached hydrogen (secondary N) is 1. The molecular weight excluding hydrogens is 260 g/mol. The first-order chi connectivity index (χ1) is 9.56. The van der Waals surface area contributed by atoms with Crippen molar-refractivity contribution in [2.24, 2.45) is 0 Å². The van der Waals surface area contributed by atoms with Crippen molar-refractivity contribution in [2.45, 2.75) is 44.8 Å². The van der Waals surface area contributed by atoms with E-state index < -0.39 is 12.1 Å². The average molecular weight is 282 g/mol. The minimum Gasteiger partial charge on any atom is -0.464 e. The van der Waals surface area contributed by atoms with E-state index in [2.05, 4.69) is 15.6 Å². The molecule has 0 spiro atoms. The summed E-state index contributed by atoms with van der Waals surface area (Å²) in [6, 6.07) is -0.231. The monoisotopic (exact) mass is 282 g/mol. The normalized spacial score (nSPS) is 19.6. The van der Waals surface area contributed by atoms with Crippen molar-refractivity contribution in [3.8, 4) is 0 Å². The Morgan fingerprint density at radius 1 is 1.45 bits per heavy atom. The van der Waals surface area contributed by atoms with Gasteiger partial charge in [0, 0.05) is 5.92 Å². The van der Waals surface area contributed by atoms with Crippen LogP contribution >= 0.6 is 0 Å². The molecule has 1 aromatic rings. The van der Waals surface area contributed by atoms with E-state index in [-0.39, 0.29) is 17.7 Å². The number of aliphatic hydroxyl groups is 1. The third-order valence-corrected chi connectivity index (χ3v) is 3.92. The Kier molecular flexibility index (Phi) is 4.72. The number of rotatable bonds is 4. The second-order valence-corrected chi connectivity index (χ2v) is 5.26. The first-order valence-corrected chi connectivity index (χ1v) is 6.98. The molecule has 2 heterocycles. The molecule has 0 aliphatic carbocycles. The number of hydrogen-bond donors (Lipinski definition) is 2. The van der Waals surface area contributed by atoms with E-state index in [1.807, 2.05) is 6.92 Å². The molecule has 1 fully saturated rings. The highest BCUT2D eigenvalue weighted by Gasteiger charge is 2.30. The van der Waals surface area contributed by atoms with Crippen LogP contribution in [0.4, 0.5) is 0 Å². The largest absolute Gasteiger partial charge is 0.464 e. The highest BCUT2D eigenvalue weighted by atomic mass is 16.5. The Morgan fingerprint density at radius 2 is 2.10 bits per heavy atom. The maximum Gasteiger partial charge on any atom is 0.360 e. The van der Waals surface area contributed by atoms with Crippen LogP contribution < -0.4 is 5.32 Å². The molecule has 2 unspecified atom stereocenters. The number of piperidine rings is 1. The van der Waals surface area contributed by atoms with Crippen molar-refractivity contribution in [1.82, 2.24) is 20.3 Å². The molecule has 1 aromatic heterocycles. The maximum atomic E-state index is 11.9. The van der Waals surface area contributed by atoms with Crippen molar-refractivity contribution in [3.63, 3.8) is 0 Å². The lowest BCUT2D eigenvalue weighted by Crippen LogP contribution is -2.30. The fourth-order valence-electron chi connectivity index (χ4n) is 2.52. The van der Waals surface area contributed by atoms with Gasteiger partial charge in [0.2, 0.25) is 0 Å². The first-order valence-electron chi connectivity index (χ1n) is 6.98. The Morgan fingerprint density at radius 3 is 2.65 bits per heavy atom. The molecule has 7 nitrogen and oxygen atoms in total. The zero-order valence-electron chi connectivity index (χ0n) is 12.2. The molecule has 0 saturated carbocycles. The number of methoxy groups -OCH3 is 1. The Hall–Kier alpha value is -1.47. The molecule has 1 aliphatic heterocycles. The summed E-state index contributed by atoms with van der Waals surface area (Å²) < 4.78 is 6.46. The number of esters is 1. The number of carbonyl (C=O) groups excluding carboxylic acids is 1. The van der Waals surface area contributed by atoms with Gasteiger partial charge in [-0.3, -0.25) is 0 Å². The fraction of sp³-hybridized carbons (Fsp3) is 0.769. The van der Waals surface area contributed by atoms with Crippen LogP contribution in [0, 0.1) is 0 Å². The van der Waals surface area contributed by atoms with Crippen LogP contribution in [0.2, 0.25) is 0 Å². The molecule has 2 atom stereocenters.